The molecule has 0 spiro atoms. The van der Waals surface area contributed by atoms with Gasteiger partial charge in [0.2, 0.25) is 0 Å². The molecule has 0 nitrogen and oxygen atoms in total. The van der Waals surface area contributed by atoms with Crippen LogP contribution in [0.2, 0.25) is 0 Å². The van der Waals surface area contributed by atoms with Crippen molar-refractivity contribution in [3.63, 3.8) is 0 Å². The van der Waals surface area contributed by atoms with E-state index in [0.29, 0.717) is 0 Å². The van der Waals surface area contributed by atoms with E-state index in [2.05, 4.69) is 119 Å². The first-order valence-corrected chi connectivity index (χ1v) is 12.0. The van der Waals surface area contributed by atoms with E-state index in [1.165, 1.54) is 32.3 Å². The summed E-state index contributed by atoms with van der Waals surface area (Å²) in [4.78, 5) is 0. The Morgan fingerprint density at radius 1 is 0.594 bits per heavy atom. The second kappa shape index (κ2) is 13.0. The van der Waals surface area contributed by atoms with Crippen LogP contribution in [0.4, 0.5) is 0 Å². The predicted octanol–water partition coefficient (Wildman–Crippen LogP) is 2.20. The van der Waals surface area contributed by atoms with Gasteiger partial charge in [-0.25, -0.2) is 0 Å². The van der Waals surface area contributed by atoms with Gasteiger partial charge >= 0.3 is 25.8 Å². The predicted molar refractivity (Wildman–Crippen MR) is 133 cm³/mol. The second-order valence-electron chi connectivity index (χ2n) is 8.26. The van der Waals surface area contributed by atoms with Crippen LogP contribution in [0.15, 0.2) is 91.0 Å². The molecule has 0 amide bonds. The van der Waals surface area contributed by atoms with Crippen molar-refractivity contribution < 1.29 is 50.7 Å². The number of hydrogen-bond acceptors (Lipinski definition) is 0. The molecule has 0 aliphatic rings. The van der Waals surface area contributed by atoms with E-state index in [1.54, 1.807) is 5.30 Å². The minimum atomic E-state index is -0.0206. The van der Waals surface area contributed by atoms with Gasteiger partial charge in [-0.2, -0.15) is 6.07 Å². The molecule has 0 aromatic heterocycles. The zero-order valence-corrected chi connectivity index (χ0v) is 25.0. The van der Waals surface area contributed by atoms with Crippen LogP contribution < -0.4 is 30.1 Å². The summed E-state index contributed by atoms with van der Waals surface area (Å²) < 4.78 is 0. The smallest absolute Gasteiger partial charge is 1.00 e. The molecule has 0 fully saturated rings. The maximum Gasteiger partial charge on any atom is 4.00 e. The van der Waals surface area contributed by atoms with E-state index in [4.69, 9.17) is 0 Å². The van der Waals surface area contributed by atoms with Crippen LogP contribution in [0.25, 0.3) is 32.3 Å². The van der Waals surface area contributed by atoms with Crippen molar-refractivity contribution in [3.05, 3.63) is 91.0 Å². The largest absolute Gasteiger partial charge is 4.00 e. The van der Waals surface area contributed by atoms with Crippen LogP contribution in [-0.2, 0) is 25.8 Å². The van der Waals surface area contributed by atoms with Gasteiger partial charge in [0, 0.05) is 0 Å². The normalized spacial score (nSPS) is 10.6. The molecule has 5 aromatic rings. The molecule has 32 heavy (non-hydrogen) atoms. The summed E-state index contributed by atoms with van der Waals surface area (Å²) >= 11 is 0. The van der Waals surface area contributed by atoms with E-state index < -0.39 is 0 Å². The van der Waals surface area contributed by atoms with E-state index in [9.17, 15) is 0 Å². The first kappa shape index (κ1) is 29.1. The van der Waals surface area contributed by atoms with Gasteiger partial charge in [0.1, 0.15) is 0 Å². The monoisotopic (exact) mass is 646 g/mol. The van der Waals surface area contributed by atoms with E-state index in [-0.39, 0.29) is 58.6 Å². The van der Waals surface area contributed by atoms with Crippen LogP contribution in [0.5, 0.6) is 0 Å². The number of hydrogen-bond donors (Lipinski definition) is 0. The quantitative estimate of drug-likeness (QED) is 0.161. The van der Waals surface area contributed by atoms with Crippen LogP contribution in [-0.4, -0.2) is 11.3 Å². The van der Waals surface area contributed by atoms with Crippen LogP contribution in [0.1, 0.15) is 27.7 Å². The van der Waals surface area contributed by atoms with Gasteiger partial charge in [-0.1, -0.05) is 78.1 Å². The molecule has 0 unspecified atom stereocenters. The van der Waals surface area contributed by atoms with Crippen LogP contribution in [0.3, 0.4) is 0 Å². The Hall–Kier alpha value is -0.980. The van der Waals surface area contributed by atoms with Crippen molar-refractivity contribution in [3.8, 4) is 0 Å². The molecule has 0 saturated heterocycles. The number of benzene rings is 3. The molecule has 5 rings (SSSR count). The van der Waals surface area contributed by atoms with Crippen molar-refractivity contribution >= 4 is 45.5 Å². The minimum Gasteiger partial charge on any atom is -1.00 e. The molecule has 0 saturated carbocycles. The molecule has 0 aliphatic heterocycles. The Bertz CT molecular complexity index is 1140. The molecular formula is C28H29Cl2HfP. The molecule has 0 atom stereocenters. The molecule has 0 N–H and O–H groups in total. The molecule has 0 radical (unpaired) electrons. The van der Waals surface area contributed by atoms with Crippen molar-refractivity contribution in [2.75, 3.05) is 0 Å². The Morgan fingerprint density at radius 2 is 1.03 bits per heavy atom. The molecule has 0 heterocycles. The molecule has 5 aromatic carbocycles. The van der Waals surface area contributed by atoms with Crippen LogP contribution >= 0.6 is 7.92 Å². The molecule has 4 heteroatoms. The van der Waals surface area contributed by atoms with Gasteiger partial charge in [0.15, 0.2) is 0 Å². The minimum absolute atomic E-state index is 0. The fourth-order valence-corrected chi connectivity index (χ4v) is 7.34. The SMILES string of the molecule is CC(C)P(c1cc2ccccc2[cH-]1)C(C)C.[Cl-].[Cl-].[Hf+4].c1ccc2c(c1)[cH-]c1ccccc12. The molecular weight excluding hydrogens is 617 g/mol. The summed E-state index contributed by atoms with van der Waals surface area (Å²) in [6, 6.07) is 32.7. The van der Waals surface area contributed by atoms with Gasteiger partial charge in [-0.3, -0.25) is 0 Å². The second-order valence-corrected chi connectivity index (χ2v) is 11.7. The van der Waals surface area contributed by atoms with E-state index in [0.717, 1.165) is 11.3 Å². The van der Waals surface area contributed by atoms with Crippen molar-refractivity contribution in [1.82, 2.24) is 0 Å². The third-order valence-electron chi connectivity index (χ3n) is 5.54. The molecule has 0 aliphatic carbocycles. The van der Waals surface area contributed by atoms with E-state index in [1.807, 2.05) is 0 Å². The van der Waals surface area contributed by atoms with Crippen molar-refractivity contribution in [2.45, 2.75) is 39.0 Å². The summed E-state index contributed by atoms with van der Waals surface area (Å²) in [6.45, 7) is 9.40. The Kier molecular flexibility index (Phi) is 11.8. The van der Waals surface area contributed by atoms with Gasteiger partial charge in [0.05, 0.1) is 0 Å². The Morgan fingerprint density at radius 3 is 1.50 bits per heavy atom. The maximum atomic E-state index is 2.39. The number of fused-ring (bicyclic) bond motifs is 4. The van der Waals surface area contributed by atoms with Gasteiger partial charge < -0.3 is 24.8 Å². The van der Waals surface area contributed by atoms with Gasteiger partial charge in [-0.05, 0) is 11.3 Å². The summed E-state index contributed by atoms with van der Waals surface area (Å²) in [7, 11) is -0.0206. The topological polar surface area (TPSA) is 0 Å². The first-order valence-electron chi connectivity index (χ1n) is 10.5. The third kappa shape index (κ3) is 6.32. The van der Waals surface area contributed by atoms with Crippen molar-refractivity contribution in [1.29, 1.82) is 0 Å². The average molecular weight is 646 g/mol. The number of rotatable bonds is 3. The average Bonchev–Trinajstić information content (AvgIpc) is 3.29. The van der Waals surface area contributed by atoms with Crippen LogP contribution in [0, 0.1) is 0 Å². The maximum absolute atomic E-state index is 2.39. The summed E-state index contributed by atoms with van der Waals surface area (Å²) in [5.74, 6) is 0. The Balaban J connectivity index is 0.000000296. The van der Waals surface area contributed by atoms with Gasteiger partial charge in [-0.15, -0.1) is 80.1 Å². The Labute approximate surface area is 224 Å². The molecule has 164 valence electrons. The first-order chi connectivity index (χ1) is 14.0. The van der Waals surface area contributed by atoms with Crippen molar-refractivity contribution in [2.24, 2.45) is 0 Å². The zero-order valence-electron chi connectivity index (χ0n) is 19.0. The zero-order chi connectivity index (χ0) is 20.4. The summed E-state index contributed by atoms with van der Waals surface area (Å²) in [5, 5.41) is 9.75. The third-order valence-corrected chi connectivity index (χ3v) is 8.62. The standard InChI is InChI=1S/C15H20P.C13H9.2ClH.Hf/c1-11(2)16(12(3)4)15-9-13-7-5-6-8-14(13)10-15;1-3-7-12-10(5-1)9-11-6-2-4-8-13(11)12;;;/h5-12H,1-4H3;1-9H;2*1H;/q2*-1;;;+4/p-2. The molecule has 0 bridgehead atoms. The summed E-state index contributed by atoms with van der Waals surface area (Å²) in [5.41, 5.74) is 1.54. The fourth-order valence-electron chi connectivity index (χ4n) is 4.38. The van der Waals surface area contributed by atoms with E-state index >= 15 is 0 Å². The summed E-state index contributed by atoms with van der Waals surface area (Å²) in [6.07, 6.45) is 0. The van der Waals surface area contributed by atoms with Gasteiger partial charge in [0.25, 0.3) is 0 Å². The fraction of sp³-hybridized carbons (Fsp3) is 0.214. The number of halogens is 2.